The van der Waals surface area contributed by atoms with E-state index in [2.05, 4.69) is 26.6 Å². The lowest BCUT2D eigenvalue weighted by Gasteiger charge is -2.09. The average molecular weight is 361 g/mol. The van der Waals surface area contributed by atoms with Gasteiger partial charge in [0.1, 0.15) is 0 Å². The third-order valence-corrected chi connectivity index (χ3v) is 3.67. The minimum absolute atomic E-state index is 0.130. The van der Waals surface area contributed by atoms with Gasteiger partial charge in [0.25, 0.3) is 11.8 Å². The Hall–Kier alpha value is -2.14. The molecule has 114 valence electrons. The normalized spacial score (nSPS) is 10.1. The summed E-state index contributed by atoms with van der Waals surface area (Å²) in [4.78, 5) is 23.9. The zero-order valence-electron chi connectivity index (χ0n) is 12.2. The van der Waals surface area contributed by atoms with Gasteiger partial charge in [-0.3, -0.25) is 9.59 Å². The van der Waals surface area contributed by atoms with E-state index < -0.39 is 0 Å². The standard InChI is InChI=1S/C17H17BrN2O2/c1-12-5-2-3-8-15(12)17(22)20-10-9-19-16(21)13-6-4-7-14(18)11-13/h2-8,11H,9-10H2,1H3,(H,19,21)(H,20,22). The van der Waals surface area contributed by atoms with Crippen LogP contribution in [0.15, 0.2) is 53.0 Å². The Balaban J connectivity index is 1.79. The first-order valence-electron chi connectivity index (χ1n) is 6.95. The van der Waals surface area contributed by atoms with Crippen molar-refractivity contribution in [1.29, 1.82) is 0 Å². The summed E-state index contributed by atoms with van der Waals surface area (Å²) in [5, 5.41) is 5.57. The molecular weight excluding hydrogens is 344 g/mol. The quantitative estimate of drug-likeness (QED) is 0.805. The average Bonchev–Trinajstić information content (AvgIpc) is 2.51. The topological polar surface area (TPSA) is 58.2 Å². The van der Waals surface area contributed by atoms with Gasteiger partial charge in [-0.2, -0.15) is 0 Å². The maximum atomic E-state index is 12.0. The Morgan fingerprint density at radius 1 is 0.955 bits per heavy atom. The van der Waals surface area contributed by atoms with E-state index in [1.165, 1.54) is 0 Å². The van der Waals surface area contributed by atoms with E-state index in [-0.39, 0.29) is 11.8 Å². The Kier molecular flexibility index (Phi) is 5.72. The van der Waals surface area contributed by atoms with Gasteiger partial charge >= 0.3 is 0 Å². The fraction of sp³-hybridized carbons (Fsp3) is 0.176. The number of halogens is 1. The Bertz CT molecular complexity index is 686. The van der Waals surface area contributed by atoms with Crippen LogP contribution in [0, 0.1) is 6.92 Å². The molecule has 0 aromatic heterocycles. The van der Waals surface area contributed by atoms with Gasteiger partial charge in [-0.1, -0.05) is 40.2 Å². The van der Waals surface area contributed by atoms with Crippen molar-refractivity contribution in [2.45, 2.75) is 6.92 Å². The molecule has 0 spiro atoms. The van der Waals surface area contributed by atoms with E-state index in [0.717, 1.165) is 10.0 Å². The molecule has 0 aliphatic heterocycles. The zero-order chi connectivity index (χ0) is 15.9. The van der Waals surface area contributed by atoms with E-state index in [1.807, 2.05) is 31.2 Å². The summed E-state index contributed by atoms with van der Waals surface area (Å²) in [7, 11) is 0. The summed E-state index contributed by atoms with van der Waals surface area (Å²) in [6.07, 6.45) is 0. The third kappa shape index (κ3) is 4.43. The van der Waals surface area contributed by atoms with Crippen molar-refractivity contribution >= 4 is 27.7 Å². The second-order valence-electron chi connectivity index (χ2n) is 4.84. The molecule has 5 heteroatoms. The molecule has 0 heterocycles. The summed E-state index contributed by atoms with van der Waals surface area (Å²) < 4.78 is 0.855. The van der Waals surface area contributed by atoms with Crippen LogP contribution in [0.1, 0.15) is 26.3 Å². The van der Waals surface area contributed by atoms with Crippen LogP contribution in [0.5, 0.6) is 0 Å². The van der Waals surface area contributed by atoms with Crippen molar-refractivity contribution in [3.63, 3.8) is 0 Å². The highest BCUT2D eigenvalue weighted by molar-refractivity contribution is 9.10. The highest BCUT2D eigenvalue weighted by Crippen LogP contribution is 2.11. The second-order valence-corrected chi connectivity index (χ2v) is 5.75. The fourth-order valence-electron chi connectivity index (χ4n) is 2.01. The van der Waals surface area contributed by atoms with Crippen LogP contribution in [-0.4, -0.2) is 24.9 Å². The van der Waals surface area contributed by atoms with Crippen molar-refractivity contribution < 1.29 is 9.59 Å². The van der Waals surface area contributed by atoms with Crippen LogP contribution < -0.4 is 10.6 Å². The molecule has 2 amide bonds. The van der Waals surface area contributed by atoms with Crippen LogP contribution in [-0.2, 0) is 0 Å². The van der Waals surface area contributed by atoms with Crippen LogP contribution >= 0.6 is 15.9 Å². The first kappa shape index (κ1) is 16.2. The maximum absolute atomic E-state index is 12.0. The number of rotatable bonds is 5. The number of carbonyl (C=O) groups excluding carboxylic acids is 2. The van der Waals surface area contributed by atoms with Crippen molar-refractivity contribution in [2.75, 3.05) is 13.1 Å². The van der Waals surface area contributed by atoms with E-state index in [1.54, 1.807) is 24.3 Å². The van der Waals surface area contributed by atoms with Gasteiger partial charge < -0.3 is 10.6 Å². The molecule has 0 saturated carbocycles. The molecule has 0 unspecified atom stereocenters. The lowest BCUT2D eigenvalue weighted by Crippen LogP contribution is -2.34. The Morgan fingerprint density at radius 2 is 1.64 bits per heavy atom. The summed E-state index contributed by atoms with van der Waals surface area (Å²) in [6.45, 7) is 2.65. The maximum Gasteiger partial charge on any atom is 0.251 e. The van der Waals surface area contributed by atoms with Gasteiger partial charge in [-0.25, -0.2) is 0 Å². The molecule has 0 saturated heterocycles. The van der Waals surface area contributed by atoms with Gasteiger partial charge in [0.05, 0.1) is 0 Å². The number of hydrogen-bond donors (Lipinski definition) is 2. The molecule has 0 bridgehead atoms. The van der Waals surface area contributed by atoms with Gasteiger partial charge in [-0.05, 0) is 36.8 Å². The minimum atomic E-state index is -0.161. The molecule has 0 aliphatic carbocycles. The van der Waals surface area contributed by atoms with Gasteiger partial charge in [0.15, 0.2) is 0 Å². The number of hydrogen-bond acceptors (Lipinski definition) is 2. The molecule has 2 aromatic carbocycles. The smallest absolute Gasteiger partial charge is 0.251 e. The molecular formula is C17H17BrN2O2. The van der Waals surface area contributed by atoms with E-state index in [4.69, 9.17) is 0 Å². The van der Waals surface area contributed by atoms with Crippen LogP contribution in [0.2, 0.25) is 0 Å². The Morgan fingerprint density at radius 3 is 2.32 bits per heavy atom. The second kappa shape index (κ2) is 7.75. The summed E-state index contributed by atoms with van der Waals surface area (Å²) in [5.41, 5.74) is 2.17. The minimum Gasteiger partial charge on any atom is -0.350 e. The Labute approximate surface area is 138 Å². The molecule has 2 aromatic rings. The first-order valence-corrected chi connectivity index (χ1v) is 7.75. The zero-order valence-corrected chi connectivity index (χ0v) is 13.8. The number of benzene rings is 2. The highest BCUT2D eigenvalue weighted by atomic mass is 79.9. The monoisotopic (exact) mass is 360 g/mol. The van der Waals surface area contributed by atoms with Crippen LogP contribution in [0.4, 0.5) is 0 Å². The molecule has 4 nitrogen and oxygen atoms in total. The van der Waals surface area contributed by atoms with Crippen LogP contribution in [0.3, 0.4) is 0 Å². The summed E-state index contributed by atoms with van der Waals surface area (Å²) in [5.74, 6) is -0.291. The van der Waals surface area contributed by atoms with Crippen molar-refractivity contribution in [3.8, 4) is 0 Å². The van der Waals surface area contributed by atoms with E-state index >= 15 is 0 Å². The molecule has 22 heavy (non-hydrogen) atoms. The molecule has 2 N–H and O–H groups in total. The molecule has 0 fully saturated rings. The van der Waals surface area contributed by atoms with Crippen LogP contribution in [0.25, 0.3) is 0 Å². The van der Waals surface area contributed by atoms with E-state index in [0.29, 0.717) is 24.2 Å². The fourth-order valence-corrected chi connectivity index (χ4v) is 2.41. The SMILES string of the molecule is Cc1ccccc1C(=O)NCCNC(=O)c1cccc(Br)c1. The molecule has 0 aliphatic rings. The summed E-state index contributed by atoms with van der Waals surface area (Å²) >= 11 is 3.33. The van der Waals surface area contributed by atoms with Crippen molar-refractivity contribution in [2.24, 2.45) is 0 Å². The number of carbonyl (C=O) groups is 2. The van der Waals surface area contributed by atoms with Crippen molar-refractivity contribution in [1.82, 2.24) is 10.6 Å². The number of amides is 2. The lowest BCUT2D eigenvalue weighted by atomic mass is 10.1. The first-order chi connectivity index (χ1) is 10.6. The molecule has 0 radical (unpaired) electrons. The van der Waals surface area contributed by atoms with Gasteiger partial charge in [0.2, 0.25) is 0 Å². The van der Waals surface area contributed by atoms with Gasteiger partial charge in [-0.15, -0.1) is 0 Å². The number of nitrogens with one attached hydrogen (secondary N) is 2. The number of aryl methyl sites for hydroxylation is 1. The van der Waals surface area contributed by atoms with Crippen molar-refractivity contribution in [3.05, 3.63) is 69.7 Å². The summed E-state index contributed by atoms with van der Waals surface area (Å²) in [6, 6.07) is 14.6. The largest absolute Gasteiger partial charge is 0.350 e. The lowest BCUT2D eigenvalue weighted by molar-refractivity contribution is 0.0927. The van der Waals surface area contributed by atoms with E-state index in [9.17, 15) is 9.59 Å². The predicted octanol–water partition coefficient (Wildman–Crippen LogP) is 2.92. The van der Waals surface area contributed by atoms with Gasteiger partial charge in [0, 0.05) is 28.7 Å². The third-order valence-electron chi connectivity index (χ3n) is 3.17. The predicted molar refractivity (Wildman–Crippen MR) is 90.0 cm³/mol. The highest BCUT2D eigenvalue weighted by Gasteiger charge is 2.08. The molecule has 0 atom stereocenters. The molecule has 2 rings (SSSR count).